The van der Waals surface area contributed by atoms with Crippen LogP contribution < -0.4 is 10.1 Å². The summed E-state index contributed by atoms with van der Waals surface area (Å²) in [6.07, 6.45) is 1.91. The van der Waals surface area contributed by atoms with E-state index in [1.807, 2.05) is 31.2 Å². The van der Waals surface area contributed by atoms with Crippen molar-refractivity contribution in [2.75, 3.05) is 11.9 Å². The highest BCUT2D eigenvalue weighted by atomic mass is 35.5. The first-order valence-corrected chi connectivity index (χ1v) is 8.96. The first kappa shape index (κ1) is 20.5. The monoisotopic (exact) mass is 387 g/mol. The average Bonchev–Trinajstić information content (AvgIpc) is 2.65. The Morgan fingerprint density at radius 2 is 1.93 bits per heavy atom. The van der Waals surface area contributed by atoms with Crippen LogP contribution in [-0.2, 0) is 14.3 Å². The van der Waals surface area contributed by atoms with Crippen LogP contribution >= 0.6 is 11.6 Å². The van der Waals surface area contributed by atoms with E-state index in [-0.39, 0.29) is 0 Å². The van der Waals surface area contributed by atoms with Gasteiger partial charge in [-0.2, -0.15) is 0 Å². The maximum absolute atomic E-state index is 12.2. The van der Waals surface area contributed by atoms with Gasteiger partial charge in [0.25, 0.3) is 5.91 Å². The topological polar surface area (TPSA) is 64.6 Å². The Morgan fingerprint density at radius 3 is 2.67 bits per heavy atom. The van der Waals surface area contributed by atoms with E-state index < -0.39 is 18.0 Å². The molecule has 0 aliphatic heterocycles. The van der Waals surface area contributed by atoms with Gasteiger partial charge >= 0.3 is 5.97 Å². The maximum atomic E-state index is 12.2. The largest absolute Gasteiger partial charge is 0.493 e. The second-order valence-corrected chi connectivity index (χ2v) is 6.19. The summed E-state index contributed by atoms with van der Waals surface area (Å²) in [5.74, 6) is -0.380. The molecule has 0 aliphatic carbocycles. The number of benzene rings is 2. The van der Waals surface area contributed by atoms with Gasteiger partial charge in [-0.3, -0.25) is 4.79 Å². The van der Waals surface area contributed by atoms with Crippen molar-refractivity contribution in [3.63, 3.8) is 0 Å². The Balaban J connectivity index is 1.97. The van der Waals surface area contributed by atoms with E-state index in [1.54, 1.807) is 31.2 Å². The lowest BCUT2D eigenvalue weighted by Crippen LogP contribution is -2.29. The highest BCUT2D eigenvalue weighted by Crippen LogP contribution is 2.23. The van der Waals surface area contributed by atoms with Crippen LogP contribution in [0.2, 0.25) is 5.02 Å². The molecule has 1 amide bonds. The van der Waals surface area contributed by atoms with E-state index in [0.717, 1.165) is 11.1 Å². The number of hydrogen-bond donors (Lipinski definition) is 1. The summed E-state index contributed by atoms with van der Waals surface area (Å²) in [6.45, 7) is 5.72. The van der Waals surface area contributed by atoms with Gasteiger partial charge < -0.3 is 14.8 Å². The van der Waals surface area contributed by atoms with E-state index >= 15 is 0 Å². The van der Waals surface area contributed by atoms with Gasteiger partial charge in [-0.15, -0.1) is 0 Å². The zero-order chi connectivity index (χ0) is 19.8. The van der Waals surface area contributed by atoms with E-state index in [9.17, 15) is 9.59 Å². The van der Waals surface area contributed by atoms with Gasteiger partial charge in [0.05, 0.1) is 6.61 Å². The fourth-order valence-corrected chi connectivity index (χ4v) is 2.48. The highest BCUT2D eigenvalue weighted by Gasteiger charge is 2.17. The van der Waals surface area contributed by atoms with Crippen molar-refractivity contribution in [2.45, 2.75) is 26.9 Å². The third kappa shape index (κ3) is 5.86. The zero-order valence-electron chi connectivity index (χ0n) is 15.5. The highest BCUT2D eigenvalue weighted by molar-refractivity contribution is 6.31. The van der Waals surface area contributed by atoms with E-state index in [4.69, 9.17) is 21.1 Å². The molecule has 2 aromatic carbocycles. The molecule has 2 aromatic rings. The number of para-hydroxylation sites is 1. The molecular weight excluding hydrogens is 366 g/mol. The van der Waals surface area contributed by atoms with Gasteiger partial charge in [0.1, 0.15) is 5.75 Å². The number of halogens is 1. The first-order valence-electron chi connectivity index (χ1n) is 8.59. The van der Waals surface area contributed by atoms with Crippen LogP contribution in [0.25, 0.3) is 6.08 Å². The van der Waals surface area contributed by atoms with Crippen molar-refractivity contribution in [2.24, 2.45) is 0 Å². The second-order valence-electron chi connectivity index (χ2n) is 5.78. The summed E-state index contributed by atoms with van der Waals surface area (Å²) in [4.78, 5) is 24.3. The summed E-state index contributed by atoms with van der Waals surface area (Å²) in [6, 6.07) is 12.5. The molecule has 0 unspecified atom stereocenters. The van der Waals surface area contributed by atoms with Crippen molar-refractivity contribution >= 4 is 35.2 Å². The quantitative estimate of drug-likeness (QED) is 0.555. The molecule has 27 heavy (non-hydrogen) atoms. The number of amides is 1. The lowest BCUT2D eigenvalue weighted by atomic mass is 10.2. The zero-order valence-corrected chi connectivity index (χ0v) is 16.2. The van der Waals surface area contributed by atoms with Crippen molar-refractivity contribution in [1.82, 2.24) is 0 Å². The summed E-state index contributed by atoms with van der Waals surface area (Å²) in [5, 5.41) is 3.26. The van der Waals surface area contributed by atoms with Gasteiger partial charge in [0.2, 0.25) is 0 Å². The molecule has 6 heteroatoms. The molecule has 0 aliphatic rings. The molecule has 5 nitrogen and oxygen atoms in total. The molecule has 0 bridgehead atoms. The Bertz CT molecular complexity index is 848. The molecule has 2 rings (SSSR count). The molecule has 0 heterocycles. The van der Waals surface area contributed by atoms with Crippen molar-refractivity contribution in [3.8, 4) is 5.75 Å². The standard InChI is InChI=1S/C21H22ClNO4/c1-4-26-19-11-6-5-8-16(19)12-13-20(24)27-15(3)21(25)23-18-10-7-9-17(22)14(18)2/h5-13,15H,4H2,1-3H3,(H,23,25)/b13-12+/t15-/m0/s1. The first-order chi connectivity index (χ1) is 12.9. The van der Waals surface area contributed by atoms with E-state index in [1.165, 1.54) is 13.0 Å². The van der Waals surface area contributed by atoms with Gasteiger partial charge in [0.15, 0.2) is 6.10 Å². The summed E-state index contributed by atoms with van der Waals surface area (Å²) in [5.41, 5.74) is 2.08. The minimum atomic E-state index is -0.956. The minimum Gasteiger partial charge on any atom is -0.493 e. The molecular formula is C21H22ClNO4. The molecule has 0 saturated carbocycles. The molecule has 0 radical (unpaired) electrons. The minimum absolute atomic E-state index is 0.433. The third-order valence-corrected chi connectivity index (χ3v) is 4.22. The summed E-state index contributed by atoms with van der Waals surface area (Å²) < 4.78 is 10.7. The van der Waals surface area contributed by atoms with Crippen molar-refractivity contribution in [3.05, 3.63) is 64.7 Å². The van der Waals surface area contributed by atoms with Gasteiger partial charge in [-0.25, -0.2) is 4.79 Å². The number of hydrogen-bond acceptors (Lipinski definition) is 4. The second kappa shape index (κ2) is 9.78. The van der Waals surface area contributed by atoms with Crippen LogP contribution in [0.4, 0.5) is 5.69 Å². The summed E-state index contributed by atoms with van der Waals surface area (Å²) >= 11 is 6.04. The Morgan fingerprint density at radius 1 is 1.19 bits per heavy atom. The van der Waals surface area contributed by atoms with Crippen LogP contribution in [0.15, 0.2) is 48.5 Å². The van der Waals surface area contributed by atoms with Crippen LogP contribution in [-0.4, -0.2) is 24.6 Å². The lowest BCUT2D eigenvalue weighted by molar-refractivity contribution is -0.148. The van der Waals surface area contributed by atoms with Crippen LogP contribution in [0.3, 0.4) is 0 Å². The molecule has 1 N–H and O–H groups in total. The van der Waals surface area contributed by atoms with Crippen molar-refractivity contribution in [1.29, 1.82) is 0 Å². The number of carbonyl (C=O) groups is 2. The molecule has 0 fully saturated rings. The number of esters is 1. The SMILES string of the molecule is CCOc1ccccc1/C=C/C(=O)O[C@@H](C)C(=O)Nc1cccc(Cl)c1C. The Labute approximate surface area is 163 Å². The van der Waals surface area contributed by atoms with Gasteiger partial charge in [-0.05, 0) is 50.6 Å². The molecule has 0 spiro atoms. The van der Waals surface area contributed by atoms with Crippen LogP contribution in [0, 0.1) is 6.92 Å². The van der Waals surface area contributed by atoms with Crippen LogP contribution in [0.5, 0.6) is 5.75 Å². The fraction of sp³-hybridized carbons (Fsp3) is 0.238. The number of nitrogens with one attached hydrogen (secondary N) is 1. The predicted octanol–water partition coefficient (Wildman–Crippen LogP) is 4.63. The number of carbonyl (C=O) groups excluding carboxylic acids is 2. The third-order valence-electron chi connectivity index (χ3n) is 3.81. The van der Waals surface area contributed by atoms with E-state index in [0.29, 0.717) is 23.1 Å². The average molecular weight is 388 g/mol. The van der Waals surface area contributed by atoms with E-state index in [2.05, 4.69) is 5.32 Å². The summed E-state index contributed by atoms with van der Waals surface area (Å²) in [7, 11) is 0. The predicted molar refractivity (Wildman–Crippen MR) is 107 cm³/mol. The normalized spacial score (nSPS) is 11.9. The molecule has 1 atom stereocenters. The van der Waals surface area contributed by atoms with Gasteiger partial charge in [0, 0.05) is 22.3 Å². The van der Waals surface area contributed by atoms with Gasteiger partial charge in [-0.1, -0.05) is 35.9 Å². The van der Waals surface area contributed by atoms with Crippen LogP contribution in [0.1, 0.15) is 25.0 Å². The molecule has 0 aromatic heterocycles. The fourth-order valence-electron chi connectivity index (χ4n) is 2.31. The Hall–Kier alpha value is -2.79. The lowest BCUT2D eigenvalue weighted by Gasteiger charge is -2.14. The van der Waals surface area contributed by atoms with Crippen molar-refractivity contribution < 1.29 is 19.1 Å². The maximum Gasteiger partial charge on any atom is 0.331 e. The number of anilines is 1. The molecule has 142 valence electrons. The molecule has 0 saturated heterocycles. The number of ether oxygens (including phenoxy) is 2. The Kier molecular flexibility index (Phi) is 7.44. The number of rotatable bonds is 7. The smallest absolute Gasteiger partial charge is 0.331 e.